The lowest BCUT2D eigenvalue weighted by Gasteiger charge is -2.15. The standard InChI is InChI=1S/C25H28N2O/c1-3-4-5-6-11-16-26-18-24(25(28)21-13-8-9-14-22(21)26)27-17-19(2)20-12-7-10-15-23(20)27/h7-10,12-15,17-18H,3-6,11,16H2,1-2H3. The van der Waals surface area contributed by atoms with E-state index in [0.717, 1.165) is 35.1 Å². The third kappa shape index (κ3) is 3.37. The van der Waals surface area contributed by atoms with Gasteiger partial charge in [-0.2, -0.15) is 0 Å². The van der Waals surface area contributed by atoms with Gasteiger partial charge < -0.3 is 9.13 Å². The smallest absolute Gasteiger partial charge is 0.213 e. The number of aromatic nitrogens is 2. The number of nitrogens with zero attached hydrogens (tertiary/aromatic N) is 2. The molecule has 0 amide bonds. The van der Waals surface area contributed by atoms with Gasteiger partial charge in [0.1, 0.15) is 5.69 Å². The molecule has 0 N–H and O–H groups in total. The Balaban J connectivity index is 1.82. The van der Waals surface area contributed by atoms with Crippen LogP contribution >= 0.6 is 0 Å². The first-order valence-electron chi connectivity index (χ1n) is 10.4. The fraction of sp³-hybridized carbons (Fsp3) is 0.320. The van der Waals surface area contributed by atoms with Crippen LogP contribution in [-0.4, -0.2) is 9.13 Å². The first-order valence-corrected chi connectivity index (χ1v) is 10.4. The second-order valence-electron chi connectivity index (χ2n) is 7.67. The van der Waals surface area contributed by atoms with Crippen molar-refractivity contribution >= 4 is 21.8 Å². The van der Waals surface area contributed by atoms with E-state index in [1.165, 1.54) is 36.6 Å². The van der Waals surface area contributed by atoms with Gasteiger partial charge in [-0.3, -0.25) is 4.79 Å². The molecular weight excluding hydrogens is 344 g/mol. The largest absolute Gasteiger partial charge is 0.345 e. The van der Waals surface area contributed by atoms with Gasteiger partial charge in [0, 0.05) is 29.7 Å². The van der Waals surface area contributed by atoms with Crippen molar-refractivity contribution in [1.29, 1.82) is 0 Å². The number of benzene rings is 2. The molecule has 0 aliphatic carbocycles. The van der Waals surface area contributed by atoms with Gasteiger partial charge in [0.2, 0.25) is 5.43 Å². The van der Waals surface area contributed by atoms with E-state index in [1.807, 2.05) is 24.3 Å². The van der Waals surface area contributed by atoms with Crippen molar-refractivity contribution in [2.45, 2.75) is 52.5 Å². The molecule has 0 fully saturated rings. The fourth-order valence-corrected chi connectivity index (χ4v) is 4.12. The van der Waals surface area contributed by atoms with Crippen molar-refractivity contribution in [2.24, 2.45) is 0 Å². The third-order valence-corrected chi connectivity index (χ3v) is 5.64. The van der Waals surface area contributed by atoms with Crippen LogP contribution in [0.25, 0.3) is 27.5 Å². The molecule has 0 saturated heterocycles. The number of unbranched alkanes of at least 4 members (excludes halogenated alkanes) is 4. The summed E-state index contributed by atoms with van der Waals surface area (Å²) in [4.78, 5) is 13.3. The third-order valence-electron chi connectivity index (χ3n) is 5.64. The van der Waals surface area contributed by atoms with Gasteiger partial charge in [0.15, 0.2) is 0 Å². The summed E-state index contributed by atoms with van der Waals surface area (Å²) in [6.07, 6.45) is 10.3. The van der Waals surface area contributed by atoms with E-state index >= 15 is 0 Å². The summed E-state index contributed by atoms with van der Waals surface area (Å²) in [6.45, 7) is 5.28. The number of pyridine rings is 1. The monoisotopic (exact) mass is 372 g/mol. The molecule has 0 bridgehead atoms. The maximum atomic E-state index is 13.3. The molecule has 0 saturated carbocycles. The maximum Gasteiger partial charge on any atom is 0.213 e. The molecule has 2 aromatic heterocycles. The van der Waals surface area contributed by atoms with Gasteiger partial charge >= 0.3 is 0 Å². The lowest BCUT2D eigenvalue weighted by molar-refractivity contribution is 0.575. The summed E-state index contributed by atoms with van der Waals surface area (Å²) in [5, 5.41) is 1.99. The van der Waals surface area contributed by atoms with Gasteiger partial charge in [-0.15, -0.1) is 0 Å². The Bertz CT molecular complexity index is 1170. The normalized spacial score (nSPS) is 11.5. The Labute approximate surface area is 166 Å². The Morgan fingerprint density at radius 1 is 0.786 bits per heavy atom. The highest BCUT2D eigenvalue weighted by Gasteiger charge is 2.13. The van der Waals surface area contributed by atoms with Crippen LogP contribution in [0.3, 0.4) is 0 Å². The lowest BCUT2D eigenvalue weighted by atomic mass is 10.1. The molecule has 2 heterocycles. The average molecular weight is 373 g/mol. The second kappa shape index (κ2) is 8.05. The number of fused-ring (bicyclic) bond motifs is 2. The van der Waals surface area contributed by atoms with E-state index in [9.17, 15) is 4.79 Å². The number of aryl methyl sites for hydroxylation is 2. The molecule has 0 spiro atoms. The van der Waals surface area contributed by atoms with E-state index in [-0.39, 0.29) is 5.43 Å². The Morgan fingerprint density at radius 2 is 1.46 bits per heavy atom. The molecule has 0 radical (unpaired) electrons. The summed E-state index contributed by atoms with van der Waals surface area (Å²) in [5.41, 5.74) is 4.13. The first-order chi connectivity index (χ1) is 13.7. The molecule has 0 aliphatic heterocycles. The van der Waals surface area contributed by atoms with Crippen molar-refractivity contribution in [3.63, 3.8) is 0 Å². The highest BCUT2D eigenvalue weighted by molar-refractivity contribution is 5.87. The van der Waals surface area contributed by atoms with Gasteiger partial charge in [-0.1, -0.05) is 62.9 Å². The second-order valence-corrected chi connectivity index (χ2v) is 7.67. The van der Waals surface area contributed by atoms with Crippen LogP contribution in [0.5, 0.6) is 0 Å². The zero-order chi connectivity index (χ0) is 19.5. The average Bonchev–Trinajstić information content (AvgIpc) is 3.06. The minimum atomic E-state index is 0.0959. The van der Waals surface area contributed by atoms with Crippen LogP contribution in [0.4, 0.5) is 0 Å². The Hall–Kier alpha value is -2.81. The molecule has 2 aromatic carbocycles. The predicted molar refractivity (Wildman–Crippen MR) is 119 cm³/mol. The van der Waals surface area contributed by atoms with Crippen LogP contribution in [0.1, 0.15) is 44.6 Å². The van der Waals surface area contributed by atoms with Gasteiger partial charge in [0.05, 0.1) is 11.0 Å². The number of rotatable bonds is 7. The van der Waals surface area contributed by atoms with Gasteiger partial charge in [-0.25, -0.2) is 0 Å². The van der Waals surface area contributed by atoms with E-state index in [2.05, 4.69) is 59.6 Å². The van der Waals surface area contributed by atoms with Crippen molar-refractivity contribution in [2.75, 3.05) is 0 Å². The molecule has 3 heteroatoms. The lowest BCUT2D eigenvalue weighted by Crippen LogP contribution is -2.16. The van der Waals surface area contributed by atoms with E-state index in [1.54, 1.807) is 0 Å². The highest BCUT2D eigenvalue weighted by atomic mass is 16.1. The SMILES string of the molecule is CCCCCCCn1cc(-n2cc(C)c3ccccc32)c(=O)c2ccccc21. The summed E-state index contributed by atoms with van der Waals surface area (Å²) in [5.74, 6) is 0. The van der Waals surface area contributed by atoms with Crippen molar-refractivity contribution < 1.29 is 0 Å². The fourth-order valence-electron chi connectivity index (χ4n) is 4.12. The van der Waals surface area contributed by atoms with Crippen LogP contribution in [0, 0.1) is 6.92 Å². The van der Waals surface area contributed by atoms with E-state index in [0.29, 0.717) is 0 Å². The zero-order valence-electron chi connectivity index (χ0n) is 16.8. The van der Waals surface area contributed by atoms with Gasteiger partial charge in [-0.05, 0) is 37.1 Å². The molecular formula is C25H28N2O. The van der Waals surface area contributed by atoms with Crippen molar-refractivity contribution in [3.8, 4) is 5.69 Å². The van der Waals surface area contributed by atoms with Crippen LogP contribution in [-0.2, 0) is 6.54 Å². The Morgan fingerprint density at radius 3 is 2.25 bits per heavy atom. The summed E-state index contributed by atoms with van der Waals surface area (Å²) in [6, 6.07) is 16.3. The quantitative estimate of drug-likeness (QED) is 0.354. The van der Waals surface area contributed by atoms with Crippen molar-refractivity contribution in [3.05, 3.63) is 76.7 Å². The molecule has 3 nitrogen and oxygen atoms in total. The van der Waals surface area contributed by atoms with Crippen LogP contribution in [0.15, 0.2) is 65.7 Å². The summed E-state index contributed by atoms with van der Waals surface area (Å²) >= 11 is 0. The topological polar surface area (TPSA) is 26.9 Å². The molecule has 0 aliphatic rings. The Kier molecular flexibility index (Phi) is 5.34. The van der Waals surface area contributed by atoms with Crippen LogP contribution in [0.2, 0.25) is 0 Å². The molecule has 144 valence electrons. The predicted octanol–water partition coefficient (Wildman–Crippen LogP) is 6.22. The molecule has 28 heavy (non-hydrogen) atoms. The summed E-state index contributed by atoms with van der Waals surface area (Å²) < 4.78 is 4.33. The maximum absolute atomic E-state index is 13.3. The molecule has 4 aromatic rings. The number of hydrogen-bond donors (Lipinski definition) is 0. The van der Waals surface area contributed by atoms with Crippen LogP contribution < -0.4 is 5.43 Å². The number of para-hydroxylation sites is 2. The molecule has 0 unspecified atom stereocenters. The minimum Gasteiger partial charge on any atom is -0.345 e. The minimum absolute atomic E-state index is 0.0959. The highest BCUT2D eigenvalue weighted by Crippen LogP contribution is 2.24. The van der Waals surface area contributed by atoms with Gasteiger partial charge in [0.25, 0.3) is 0 Å². The summed E-state index contributed by atoms with van der Waals surface area (Å²) in [7, 11) is 0. The molecule has 4 rings (SSSR count). The van der Waals surface area contributed by atoms with Crippen molar-refractivity contribution in [1.82, 2.24) is 9.13 Å². The van der Waals surface area contributed by atoms with E-state index in [4.69, 9.17) is 0 Å². The first kappa shape index (κ1) is 18.5. The number of hydrogen-bond acceptors (Lipinski definition) is 1. The zero-order valence-corrected chi connectivity index (χ0v) is 16.8. The van der Waals surface area contributed by atoms with E-state index < -0.39 is 0 Å². The molecule has 0 atom stereocenters.